The van der Waals surface area contributed by atoms with Crippen LogP contribution in [0.25, 0.3) is 0 Å². The van der Waals surface area contributed by atoms with Gasteiger partial charge in [0, 0.05) is 0 Å². The zero-order valence-corrected chi connectivity index (χ0v) is 30.5. The number of hydrogen-bond acceptors (Lipinski definition) is 2. The van der Waals surface area contributed by atoms with Crippen LogP contribution >= 0.6 is 0 Å². The van der Waals surface area contributed by atoms with E-state index in [0.717, 1.165) is 46.5 Å². The van der Waals surface area contributed by atoms with Crippen LogP contribution in [0, 0.1) is 0 Å². The first-order valence-corrected chi connectivity index (χ1v) is 16.3. The molecule has 0 unspecified atom stereocenters. The zero-order chi connectivity index (χ0) is 28.0. The van der Waals surface area contributed by atoms with Gasteiger partial charge in [-0.15, -0.1) is 0 Å². The van der Waals surface area contributed by atoms with E-state index in [1.54, 1.807) is 0 Å². The number of rotatable bonds is 26. The predicted octanol–water partition coefficient (Wildman–Crippen LogP) is 2.89. The lowest BCUT2D eigenvalue weighted by Gasteiger charge is -2.30. The van der Waals surface area contributed by atoms with Gasteiger partial charge < -0.3 is 52.4 Å². The molecule has 4 nitrogen and oxygen atoms in total. The van der Waals surface area contributed by atoms with Gasteiger partial charge in [0.25, 0.3) is 0 Å². The molecule has 40 heavy (non-hydrogen) atoms. The van der Waals surface area contributed by atoms with Gasteiger partial charge in [0.05, 0.1) is 67.6 Å². The summed E-state index contributed by atoms with van der Waals surface area (Å²) < 4.78 is 14.2. The molecule has 0 fully saturated rings. The van der Waals surface area contributed by atoms with E-state index in [-0.39, 0.29) is 34.0 Å². The molecular weight excluding hydrogens is 628 g/mol. The summed E-state index contributed by atoms with van der Waals surface area (Å²) in [4.78, 5) is 0. The van der Waals surface area contributed by atoms with Gasteiger partial charge in [-0.1, -0.05) is 65.2 Å². The Morgan fingerprint density at radius 3 is 1.02 bits per heavy atom. The zero-order valence-electron chi connectivity index (χ0n) is 27.3. The summed E-state index contributed by atoms with van der Waals surface area (Å²) in [6, 6.07) is 8.20. The maximum absolute atomic E-state index is 5.99. The topological polar surface area (TPSA) is 18.5 Å². The van der Waals surface area contributed by atoms with E-state index in [0.29, 0.717) is 0 Å². The molecule has 0 atom stereocenters. The maximum atomic E-state index is 5.99. The molecule has 0 aromatic heterocycles. The average Bonchev–Trinajstić information content (AvgIpc) is 2.88. The Morgan fingerprint density at radius 1 is 0.425 bits per heavy atom. The minimum absolute atomic E-state index is 0. The first-order valence-electron chi connectivity index (χ1n) is 16.3. The van der Waals surface area contributed by atoms with E-state index in [2.05, 4.69) is 42.0 Å². The van der Waals surface area contributed by atoms with Crippen molar-refractivity contribution in [1.29, 1.82) is 0 Å². The lowest BCUT2D eigenvalue weighted by atomic mass is 10.1. The van der Waals surface area contributed by atoms with Crippen molar-refractivity contribution in [3.8, 4) is 11.5 Å². The SMILES string of the molecule is CCCCCCCC[N+](C)(C)CCCCOc1ccc(OCCCC[N+](C)(C)CCCCCCCC)cc1.[Br-].[Br-]. The van der Waals surface area contributed by atoms with Crippen LogP contribution in [0.15, 0.2) is 24.3 Å². The Bertz CT molecular complexity index is 611. The van der Waals surface area contributed by atoms with E-state index < -0.39 is 0 Å². The minimum atomic E-state index is 0. The van der Waals surface area contributed by atoms with Crippen molar-refractivity contribution in [2.45, 2.75) is 117 Å². The molecule has 0 spiro atoms. The van der Waals surface area contributed by atoms with Crippen molar-refractivity contribution < 1.29 is 52.4 Å². The third-order valence-electron chi connectivity index (χ3n) is 7.91. The molecule has 0 N–H and O–H groups in total. The normalized spacial score (nSPS) is 11.6. The second-order valence-electron chi connectivity index (χ2n) is 12.9. The van der Waals surface area contributed by atoms with Crippen LogP contribution in [-0.4, -0.2) is 76.5 Å². The van der Waals surface area contributed by atoms with Gasteiger partial charge in [0.2, 0.25) is 0 Å². The van der Waals surface area contributed by atoms with Gasteiger partial charge in [-0.3, -0.25) is 0 Å². The third kappa shape index (κ3) is 24.3. The largest absolute Gasteiger partial charge is 1.00 e. The van der Waals surface area contributed by atoms with Crippen LogP contribution in [0.4, 0.5) is 0 Å². The van der Waals surface area contributed by atoms with E-state index >= 15 is 0 Å². The minimum Gasteiger partial charge on any atom is -1.00 e. The summed E-state index contributed by atoms with van der Waals surface area (Å²) in [6.45, 7) is 11.2. The molecule has 0 aliphatic heterocycles. The molecule has 0 bridgehead atoms. The van der Waals surface area contributed by atoms with Crippen LogP contribution < -0.4 is 43.4 Å². The van der Waals surface area contributed by atoms with Gasteiger partial charge >= 0.3 is 0 Å². The second-order valence-corrected chi connectivity index (χ2v) is 12.9. The molecule has 1 aromatic rings. The van der Waals surface area contributed by atoms with Crippen molar-refractivity contribution in [3.05, 3.63) is 24.3 Å². The molecule has 0 saturated heterocycles. The van der Waals surface area contributed by atoms with Crippen molar-refractivity contribution >= 4 is 0 Å². The summed E-state index contributed by atoms with van der Waals surface area (Å²) in [5.74, 6) is 1.90. The molecule has 1 rings (SSSR count). The third-order valence-corrected chi connectivity index (χ3v) is 7.91. The summed E-state index contributed by atoms with van der Waals surface area (Å²) in [5.41, 5.74) is 0. The Hall–Kier alpha value is -0.300. The number of benzene rings is 1. The van der Waals surface area contributed by atoms with Crippen molar-refractivity contribution in [3.63, 3.8) is 0 Å². The van der Waals surface area contributed by atoms with Crippen LogP contribution in [0.5, 0.6) is 11.5 Å². The highest BCUT2D eigenvalue weighted by Crippen LogP contribution is 2.19. The molecule has 0 aliphatic rings. The van der Waals surface area contributed by atoms with Gasteiger partial charge in [0.1, 0.15) is 11.5 Å². The van der Waals surface area contributed by atoms with E-state index in [1.165, 1.54) is 116 Å². The summed E-state index contributed by atoms with van der Waals surface area (Å²) in [5, 5.41) is 0. The highest BCUT2D eigenvalue weighted by atomic mass is 79.9. The van der Waals surface area contributed by atoms with Gasteiger partial charge in [-0.05, 0) is 75.6 Å². The van der Waals surface area contributed by atoms with Gasteiger partial charge in [0.15, 0.2) is 0 Å². The monoisotopic (exact) mass is 692 g/mol. The molecule has 238 valence electrons. The van der Waals surface area contributed by atoms with Crippen molar-refractivity contribution in [1.82, 2.24) is 0 Å². The fraction of sp³-hybridized carbons (Fsp3) is 0.824. The molecule has 0 amide bonds. The first kappa shape index (κ1) is 41.8. The summed E-state index contributed by atoms with van der Waals surface area (Å²) >= 11 is 0. The first-order chi connectivity index (χ1) is 18.3. The Kier molecular flexibility index (Phi) is 27.5. The maximum Gasteiger partial charge on any atom is 0.119 e. The number of ether oxygens (including phenoxy) is 2. The number of unbranched alkanes of at least 4 members (excludes halogenated alkanes) is 12. The summed E-state index contributed by atoms with van der Waals surface area (Å²) in [7, 11) is 9.51. The van der Waals surface area contributed by atoms with E-state index in [4.69, 9.17) is 9.47 Å². The quantitative estimate of drug-likeness (QED) is 0.110. The number of halogens is 2. The summed E-state index contributed by atoms with van der Waals surface area (Å²) in [6.07, 6.45) is 21.3. The molecular formula is C34H66Br2N2O2. The Morgan fingerprint density at radius 2 is 0.700 bits per heavy atom. The van der Waals surface area contributed by atoms with Crippen molar-refractivity contribution in [2.75, 3.05) is 67.6 Å². The highest BCUT2D eigenvalue weighted by molar-refractivity contribution is 5.31. The number of hydrogen-bond donors (Lipinski definition) is 0. The van der Waals surface area contributed by atoms with Crippen LogP contribution in [-0.2, 0) is 0 Å². The molecule has 6 heteroatoms. The fourth-order valence-corrected chi connectivity index (χ4v) is 5.16. The Labute approximate surface area is 271 Å². The smallest absolute Gasteiger partial charge is 0.119 e. The standard InChI is InChI=1S/C34H66N2O2.2BrH/c1-7-9-11-13-15-17-27-35(3,4)29-19-21-31-37-33-23-25-34(26-24-33)38-32-22-20-30-36(5,6)28-18-16-14-12-10-8-2;;/h23-26H,7-22,27-32H2,1-6H3;2*1H/q+2;;/p-2. The van der Waals surface area contributed by atoms with Crippen LogP contribution in [0.1, 0.15) is 117 Å². The molecule has 0 aliphatic carbocycles. The van der Waals surface area contributed by atoms with E-state index in [9.17, 15) is 0 Å². The van der Waals surface area contributed by atoms with E-state index in [1.807, 2.05) is 24.3 Å². The van der Waals surface area contributed by atoms with Gasteiger partial charge in [-0.25, -0.2) is 0 Å². The molecule has 0 saturated carbocycles. The lowest BCUT2D eigenvalue weighted by molar-refractivity contribution is -0.890. The van der Waals surface area contributed by atoms with Gasteiger partial charge in [-0.2, -0.15) is 0 Å². The number of nitrogens with zero attached hydrogens (tertiary/aromatic N) is 2. The lowest BCUT2D eigenvalue weighted by Crippen LogP contribution is -3.00. The molecule has 1 aromatic carbocycles. The molecule has 0 heterocycles. The van der Waals surface area contributed by atoms with Crippen LogP contribution in [0.2, 0.25) is 0 Å². The Balaban J connectivity index is 0. The predicted molar refractivity (Wildman–Crippen MR) is 166 cm³/mol. The highest BCUT2D eigenvalue weighted by Gasteiger charge is 2.14. The number of quaternary nitrogens is 2. The second kappa shape index (κ2) is 26.3. The van der Waals surface area contributed by atoms with Crippen molar-refractivity contribution in [2.24, 2.45) is 0 Å². The molecule has 0 radical (unpaired) electrons. The van der Waals surface area contributed by atoms with Crippen LogP contribution in [0.3, 0.4) is 0 Å². The fourth-order valence-electron chi connectivity index (χ4n) is 5.16. The average molecular weight is 695 g/mol.